The molecule has 0 saturated heterocycles. The average Bonchev–Trinajstić information content (AvgIpc) is 3.05. The molecule has 0 bridgehead atoms. The number of unbranched alkanes of at least 4 members (excludes halogenated alkanes) is 2. The summed E-state index contributed by atoms with van der Waals surface area (Å²) in [4.78, 5) is 38.4. The quantitative estimate of drug-likeness (QED) is 0.111. The van der Waals surface area contributed by atoms with Crippen LogP contribution in [-0.2, 0) is 41.8 Å². The van der Waals surface area contributed by atoms with Gasteiger partial charge in [0.25, 0.3) is 5.91 Å². The minimum absolute atomic E-state index is 0.0308. The standard InChI is InChI=1S/C36H33Br2F3N2O4/c1-2-3-5-8-23-11-13-24(14-12-23)20-42-33(44)27-18-31(37)29(32(38)19-27)22-43(34(45)35(46)47)21-25-15-16-28(26-9-6-4-7-10-26)30(17-25)36(39,40)41/h4,6-7,9-19H,2-3,5,8,20-22H2,1H3,(H,42,44)(H,46,47). The van der Waals surface area contributed by atoms with Gasteiger partial charge in [-0.15, -0.1) is 0 Å². The molecule has 47 heavy (non-hydrogen) atoms. The average molecular weight is 774 g/mol. The second-order valence-electron chi connectivity index (χ2n) is 11.1. The van der Waals surface area contributed by atoms with E-state index in [4.69, 9.17) is 0 Å². The largest absolute Gasteiger partial charge is 0.474 e. The van der Waals surface area contributed by atoms with Crippen molar-refractivity contribution in [3.8, 4) is 11.1 Å². The number of carboxylic acids is 1. The van der Waals surface area contributed by atoms with Crippen molar-refractivity contribution in [1.29, 1.82) is 0 Å². The molecule has 0 unspecified atom stereocenters. The summed E-state index contributed by atoms with van der Waals surface area (Å²) < 4.78 is 43.1. The molecule has 0 fully saturated rings. The lowest BCUT2D eigenvalue weighted by Crippen LogP contribution is -2.35. The topological polar surface area (TPSA) is 86.7 Å². The van der Waals surface area contributed by atoms with E-state index in [1.54, 1.807) is 42.5 Å². The van der Waals surface area contributed by atoms with Crippen LogP contribution in [0, 0.1) is 0 Å². The van der Waals surface area contributed by atoms with Crippen LogP contribution in [0.15, 0.2) is 93.9 Å². The summed E-state index contributed by atoms with van der Waals surface area (Å²) >= 11 is 6.85. The number of hydrogen-bond donors (Lipinski definition) is 2. The van der Waals surface area contributed by atoms with E-state index in [0.717, 1.165) is 35.8 Å². The number of hydrogen-bond acceptors (Lipinski definition) is 3. The van der Waals surface area contributed by atoms with E-state index in [-0.39, 0.29) is 23.6 Å². The first-order valence-corrected chi connectivity index (χ1v) is 16.6. The zero-order valence-corrected chi connectivity index (χ0v) is 28.7. The maximum atomic E-state index is 14.1. The van der Waals surface area contributed by atoms with Crippen molar-refractivity contribution in [2.75, 3.05) is 0 Å². The van der Waals surface area contributed by atoms with Gasteiger partial charge in [-0.05, 0) is 64.4 Å². The van der Waals surface area contributed by atoms with E-state index >= 15 is 0 Å². The van der Waals surface area contributed by atoms with E-state index in [9.17, 15) is 32.7 Å². The molecule has 6 nitrogen and oxygen atoms in total. The summed E-state index contributed by atoms with van der Waals surface area (Å²) in [5.41, 5.74) is 2.48. The van der Waals surface area contributed by atoms with Gasteiger partial charge in [-0.25, -0.2) is 4.79 Å². The highest BCUT2D eigenvalue weighted by atomic mass is 79.9. The van der Waals surface area contributed by atoms with Crippen LogP contribution >= 0.6 is 31.9 Å². The Bertz CT molecular complexity index is 1710. The predicted octanol–water partition coefficient (Wildman–Crippen LogP) is 9.17. The maximum absolute atomic E-state index is 14.1. The van der Waals surface area contributed by atoms with Gasteiger partial charge in [-0.1, -0.05) is 118 Å². The van der Waals surface area contributed by atoms with Crippen LogP contribution in [0.4, 0.5) is 13.2 Å². The van der Waals surface area contributed by atoms with Gasteiger partial charge in [0.1, 0.15) is 0 Å². The number of nitrogens with one attached hydrogen (secondary N) is 1. The Labute approximate surface area is 288 Å². The third-order valence-corrected chi connectivity index (χ3v) is 9.03. The van der Waals surface area contributed by atoms with Crippen molar-refractivity contribution in [2.45, 2.75) is 58.4 Å². The van der Waals surface area contributed by atoms with Gasteiger partial charge in [-0.2, -0.15) is 13.2 Å². The molecule has 0 aromatic heterocycles. The van der Waals surface area contributed by atoms with Crippen LogP contribution in [0.1, 0.15) is 64.4 Å². The lowest BCUT2D eigenvalue weighted by molar-refractivity contribution is -0.156. The van der Waals surface area contributed by atoms with Crippen molar-refractivity contribution in [1.82, 2.24) is 10.2 Å². The predicted molar refractivity (Wildman–Crippen MR) is 181 cm³/mol. The lowest BCUT2D eigenvalue weighted by Gasteiger charge is -2.24. The smallest absolute Gasteiger partial charge is 0.417 e. The third-order valence-electron chi connectivity index (χ3n) is 7.62. The number of benzene rings is 4. The number of carbonyl (C=O) groups excluding carboxylic acids is 2. The Morgan fingerprint density at radius 1 is 0.809 bits per heavy atom. The number of aryl methyl sites for hydroxylation is 1. The highest BCUT2D eigenvalue weighted by Crippen LogP contribution is 2.38. The highest BCUT2D eigenvalue weighted by molar-refractivity contribution is 9.11. The number of rotatable bonds is 12. The molecule has 0 aliphatic heterocycles. The number of alkyl halides is 3. The first-order valence-electron chi connectivity index (χ1n) is 15.0. The van der Waals surface area contributed by atoms with Crippen LogP contribution in [0.2, 0.25) is 0 Å². The number of nitrogens with zero attached hydrogens (tertiary/aromatic N) is 1. The molecule has 4 rings (SSSR count). The Balaban J connectivity index is 1.51. The fourth-order valence-electron chi connectivity index (χ4n) is 5.11. The van der Waals surface area contributed by atoms with Crippen LogP contribution in [0.5, 0.6) is 0 Å². The van der Waals surface area contributed by atoms with E-state index < -0.39 is 30.2 Å². The van der Waals surface area contributed by atoms with Crippen LogP contribution in [0.3, 0.4) is 0 Å². The zero-order valence-electron chi connectivity index (χ0n) is 25.5. The Morgan fingerprint density at radius 3 is 2.02 bits per heavy atom. The molecule has 246 valence electrons. The zero-order chi connectivity index (χ0) is 34.1. The molecule has 4 aromatic rings. The normalized spacial score (nSPS) is 11.3. The number of amides is 2. The molecule has 0 aliphatic rings. The maximum Gasteiger partial charge on any atom is 0.417 e. The van der Waals surface area contributed by atoms with Crippen molar-refractivity contribution in [2.24, 2.45) is 0 Å². The molecule has 2 amide bonds. The summed E-state index contributed by atoms with van der Waals surface area (Å²) in [6.07, 6.45) is -0.203. The SMILES string of the molecule is CCCCCc1ccc(CNC(=O)c2cc(Br)c(CN(Cc3ccc(-c4ccccc4)c(C(F)(F)F)c3)C(=O)C(=O)O)c(Br)c2)cc1. The second-order valence-corrected chi connectivity index (χ2v) is 12.8. The second kappa shape index (κ2) is 16.2. The first kappa shape index (κ1) is 35.9. The summed E-state index contributed by atoms with van der Waals surface area (Å²) in [7, 11) is 0. The van der Waals surface area contributed by atoms with Crippen LogP contribution < -0.4 is 5.32 Å². The van der Waals surface area contributed by atoms with Crippen molar-refractivity contribution in [3.05, 3.63) is 127 Å². The van der Waals surface area contributed by atoms with Gasteiger partial charge in [-0.3, -0.25) is 9.59 Å². The molecule has 2 N–H and O–H groups in total. The van der Waals surface area contributed by atoms with Crippen LogP contribution in [-0.4, -0.2) is 27.8 Å². The summed E-state index contributed by atoms with van der Waals surface area (Å²) in [5, 5.41) is 12.4. The van der Waals surface area contributed by atoms with E-state index in [0.29, 0.717) is 32.2 Å². The summed E-state index contributed by atoms with van der Waals surface area (Å²) in [6, 6.07) is 23.0. The van der Waals surface area contributed by atoms with Gasteiger partial charge < -0.3 is 15.3 Å². The monoisotopic (exact) mass is 772 g/mol. The fraction of sp³-hybridized carbons (Fsp3) is 0.250. The molecular weight excluding hydrogens is 741 g/mol. The third kappa shape index (κ3) is 9.77. The molecule has 0 saturated carbocycles. The molecule has 0 spiro atoms. The van der Waals surface area contributed by atoms with E-state index in [1.165, 1.54) is 24.1 Å². The molecule has 0 radical (unpaired) electrons. The summed E-state index contributed by atoms with van der Waals surface area (Å²) in [5.74, 6) is -3.39. The number of carbonyl (C=O) groups is 3. The van der Waals surface area contributed by atoms with Crippen molar-refractivity contribution in [3.63, 3.8) is 0 Å². The van der Waals surface area contributed by atoms with Crippen molar-refractivity contribution < 1.29 is 32.7 Å². The molecule has 0 aliphatic carbocycles. The Kier molecular flexibility index (Phi) is 12.4. The molecule has 4 aromatic carbocycles. The van der Waals surface area contributed by atoms with Gasteiger partial charge in [0.15, 0.2) is 0 Å². The minimum Gasteiger partial charge on any atom is -0.474 e. The minimum atomic E-state index is -4.69. The lowest BCUT2D eigenvalue weighted by atomic mass is 9.97. The molecule has 0 atom stereocenters. The molecule has 11 heteroatoms. The Morgan fingerprint density at radius 2 is 1.43 bits per heavy atom. The van der Waals surface area contributed by atoms with Crippen LogP contribution in [0.25, 0.3) is 11.1 Å². The van der Waals surface area contributed by atoms with E-state index in [2.05, 4.69) is 56.2 Å². The van der Waals surface area contributed by atoms with Gasteiger partial charge in [0, 0.05) is 34.1 Å². The first-order chi connectivity index (χ1) is 22.4. The Hall–Kier alpha value is -3.96. The molecular formula is C36H33Br2F3N2O4. The number of carboxylic acid groups (broad SMARTS) is 1. The number of halogens is 5. The van der Waals surface area contributed by atoms with E-state index in [1.807, 2.05) is 12.1 Å². The summed E-state index contributed by atoms with van der Waals surface area (Å²) in [6.45, 7) is 1.81. The fourth-order valence-corrected chi connectivity index (χ4v) is 6.55. The number of aliphatic carboxylic acids is 1. The highest BCUT2D eigenvalue weighted by Gasteiger charge is 2.34. The van der Waals surface area contributed by atoms with Crippen molar-refractivity contribution >= 4 is 49.6 Å². The van der Waals surface area contributed by atoms with Gasteiger partial charge in [0.2, 0.25) is 0 Å². The van der Waals surface area contributed by atoms with Gasteiger partial charge >= 0.3 is 18.1 Å². The molecule has 0 heterocycles. The van der Waals surface area contributed by atoms with Gasteiger partial charge in [0.05, 0.1) is 5.56 Å².